The summed E-state index contributed by atoms with van der Waals surface area (Å²) in [5.74, 6) is -0.131. The Bertz CT molecular complexity index is 772. The van der Waals surface area contributed by atoms with E-state index in [1.54, 1.807) is 24.3 Å². The monoisotopic (exact) mass is 349 g/mol. The van der Waals surface area contributed by atoms with E-state index in [0.717, 1.165) is 38.4 Å². The molecule has 5 nitrogen and oxygen atoms in total. The lowest BCUT2D eigenvalue weighted by molar-refractivity contribution is 0.0332. The van der Waals surface area contributed by atoms with Crippen molar-refractivity contribution in [3.63, 3.8) is 0 Å². The molecule has 1 aliphatic rings. The molecule has 1 saturated heterocycles. The highest BCUT2D eigenvalue weighted by atomic mass is 16.5. The lowest BCUT2D eigenvalue weighted by atomic mass is 10.0. The summed E-state index contributed by atoms with van der Waals surface area (Å²) >= 11 is 0. The number of amides is 1. The minimum atomic E-state index is -0.131. The van der Waals surface area contributed by atoms with E-state index in [2.05, 4.69) is 47.5 Å². The molecule has 5 heteroatoms. The van der Waals surface area contributed by atoms with Gasteiger partial charge in [0.1, 0.15) is 0 Å². The van der Waals surface area contributed by atoms with Gasteiger partial charge >= 0.3 is 0 Å². The fourth-order valence-corrected chi connectivity index (χ4v) is 3.01. The number of nitrogens with zero attached hydrogens (tertiary/aromatic N) is 2. The average Bonchev–Trinajstić information content (AvgIpc) is 2.69. The zero-order valence-electron chi connectivity index (χ0n) is 14.9. The van der Waals surface area contributed by atoms with Crippen LogP contribution in [-0.2, 0) is 4.74 Å². The summed E-state index contributed by atoms with van der Waals surface area (Å²) in [6.07, 6.45) is 0. The Morgan fingerprint density at radius 2 is 1.81 bits per heavy atom. The van der Waals surface area contributed by atoms with Gasteiger partial charge in [-0.2, -0.15) is 5.26 Å². The van der Waals surface area contributed by atoms with Gasteiger partial charge in [-0.3, -0.25) is 9.69 Å². The third-order valence-corrected chi connectivity index (χ3v) is 4.61. The van der Waals surface area contributed by atoms with Crippen LogP contribution < -0.4 is 5.32 Å². The lowest BCUT2D eigenvalue weighted by Gasteiger charge is -2.31. The zero-order valence-corrected chi connectivity index (χ0v) is 14.9. The molecule has 2 aromatic carbocycles. The van der Waals surface area contributed by atoms with Crippen LogP contribution in [0.2, 0.25) is 0 Å². The van der Waals surface area contributed by atoms with Gasteiger partial charge in [-0.05, 0) is 36.8 Å². The van der Waals surface area contributed by atoms with Crippen molar-refractivity contribution in [1.29, 1.82) is 5.26 Å². The summed E-state index contributed by atoms with van der Waals surface area (Å²) in [6, 6.07) is 16.9. The van der Waals surface area contributed by atoms with E-state index in [1.165, 1.54) is 5.56 Å². The number of nitrogens with one attached hydrogen (secondary N) is 1. The number of carbonyl (C=O) groups is 1. The summed E-state index contributed by atoms with van der Waals surface area (Å²) < 4.78 is 5.42. The molecular weight excluding hydrogens is 326 g/mol. The topological polar surface area (TPSA) is 65.4 Å². The minimum absolute atomic E-state index is 0.100. The van der Waals surface area contributed by atoms with Crippen molar-refractivity contribution < 1.29 is 9.53 Å². The second-order valence-corrected chi connectivity index (χ2v) is 6.54. The van der Waals surface area contributed by atoms with E-state index in [-0.39, 0.29) is 11.9 Å². The molecule has 0 saturated carbocycles. The normalized spacial score (nSPS) is 15.8. The van der Waals surface area contributed by atoms with Crippen molar-refractivity contribution in [2.24, 2.45) is 0 Å². The minimum Gasteiger partial charge on any atom is -0.379 e. The van der Waals surface area contributed by atoms with Gasteiger partial charge in [0.2, 0.25) is 0 Å². The lowest BCUT2D eigenvalue weighted by Crippen LogP contribution is -2.43. The molecule has 1 amide bonds. The second-order valence-electron chi connectivity index (χ2n) is 6.54. The number of hydrogen-bond acceptors (Lipinski definition) is 4. The first kappa shape index (κ1) is 18.1. The average molecular weight is 349 g/mol. The Morgan fingerprint density at radius 3 is 2.42 bits per heavy atom. The number of carbonyl (C=O) groups excluding carboxylic acids is 1. The molecule has 1 atom stereocenters. The standard InChI is InChI=1S/C21H23N3O2/c1-16-2-6-18(7-3-16)20(15-24-10-12-26-13-11-24)23-21(25)19-8-4-17(14-22)5-9-19/h2-9,20H,10-13,15H2,1H3,(H,23,25). The van der Waals surface area contributed by atoms with Gasteiger partial charge in [0.05, 0.1) is 30.9 Å². The molecule has 0 bridgehead atoms. The molecule has 1 unspecified atom stereocenters. The van der Waals surface area contributed by atoms with E-state index in [4.69, 9.17) is 10.00 Å². The molecule has 1 N–H and O–H groups in total. The Hall–Kier alpha value is -2.68. The van der Waals surface area contributed by atoms with Gasteiger partial charge in [-0.25, -0.2) is 0 Å². The number of benzene rings is 2. The molecule has 0 aromatic heterocycles. The molecule has 0 spiro atoms. The number of hydrogen-bond donors (Lipinski definition) is 1. The molecule has 0 radical (unpaired) electrons. The molecular formula is C21H23N3O2. The van der Waals surface area contributed by atoms with Gasteiger partial charge in [0.15, 0.2) is 0 Å². The Morgan fingerprint density at radius 1 is 1.15 bits per heavy atom. The van der Waals surface area contributed by atoms with Gasteiger partial charge in [0, 0.05) is 25.2 Å². The van der Waals surface area contributed by atoms with Crippen LogP contribution >= 0.6 is 0 Å². The fraction of sp³-hybridized carbons (Fsp3) is 0.333. The Labute approximate surface area is 154 Å². The molecule has 1 aliphatic heterocycles. The first-order valence-electron chi connectivity index (χ1n) is 8.83. The zero-order chi connectivity index (χ0) is 18.4. The molecule has 134 valence electrons. The highest BCUT2D eigenvalue weighted by molar-refractivity contribution is 5.94. The van der Waals surface area contributed by atoms with Crippen LogP contribution in [0.4, 0.5) is 0 Å². The summed E-state index contributed by atoms with van der Waals surface area (Å²) in [4.78, 5) is 15.0. The number of aryl methyl sites for hydroxylation is 1. The Kier molecular flexibility index (Phi) is 6.00. The summed E-state index contributed by atoms with van der Waals surface area (Å²) in [5, 5.41) is 12.0. The number of nitriles is 1. The van der Waals surface area contributed by atoms with Gasteiger partial charge in [-0.1, -0.05) is 29.8 Å². The van der Waals surface area contributed by atoms with Crippen LogP contribution in [0.15, 0.2) is 48.5 Å². The van der Waals surface area contributed by atoms with E-state index >= 15 is 0 Å². The van der Waals surface area contributed by atoms with Crippen LogP contribution in [0, 0.1) is 18.3 Å². The predicted molar refractivity (Wildman–Crippen MR) is 99.8 cm³/mol. The van der Waals surface area contributed by atoms with Gasteiger partial charge in [0.25, 0.3) is 5.91 Å². The highest BCUT2D eigenvalue weighted by Gasteiger charge is 2.20. The number of ether oxygens (including phenoxy) is 1. The highest BCUT2D eigenvalue weighted by Crippen LogP contribution is 2.17. The maximum absolute atomic E-state index is 12.7. The van der Waals surface area contributed by atoms with Crippen LogP contribution in [0.3, 0.4) is 0 Å². The largest absolute Gasteiger partial charge is 0.379 e. The molecule has 2 aromatic rings. The van der Waals surface area contributed by atoms with Crippen LogP contribution in [0.1, 0.15) is 33.1 Å². The maximum Gasteiger partial charge on any atom is 0.251 e. The van der Waals surface area contributed by atoms with Crippen LogP contribution in [0.5, 0.6) is 0 Å². The van der Waals surface area contributed by atoms with Crippen LogP contribution in [-0.4, -0.2) is 43.7 Å². The molecule has 1 fully saturated rings. The van der Waals surface area contributed by atoms with E-state index in [0.29, 0.717) is 11.1 Å². The first-order chi connectivity index (χ1) is 12.7. The SMILES string of the molecule is Cc1ccc(C(CN2CCOCC2)NC(=O)c2ccc(C#N)cc2)cc1. The number of rotatable bonds is 5. The molecule has 0 aliphatic carbocycles. The van der Waals surface area contributed by atoms with Crippen molar-refractivity contribution in [2.45, 2.75) is 13.0 Å². The van der Waals surface area contributed by atoms with Crippen molar-refractivity contribution in [1.82, 2.24) is 10.2 Å². The summed E-state index contributed by atoms with van der Waals surface area (Å²) in [5.41, 5.74) is 3.38. The van der Waals surface area contributed by atoms with Crippen molar-refractivity contribution in [2.75, 3.05) is 32.8 Å². The third-order valence-electron chi connectivity index (χ3n) is 4.61. The Balaban J connectivity index is 1.76. The third kappa shape index (κ3) is 4.69. The van der Waals surface area contributed by atoms with Gasteiger partial charge < -0.3 is 10.1 Å². The smallest absolute Gasteiger partial charge is 0.251 e. The van der Waals surface area contributed by atoms with Crippen LogP contribution in [0.25, 0.3) is 0 Å². The van der Waals surface area contributed by atoms with Crippen molar-refractivity contribution in [3.8, 4) is 6.07 Å². The molecule has 3 rings (SSSR count). The summed E-state index contributed by atoms with van der Waals surface area (Å²) in [7, 11) is 0. The van der Waals surface area contributed by atoms with Gasteiger partial charge in [-0.15, -0.1) is 0 Å². The molecule has 26 heavy (non-hydrogen) atoms. The quantitative estimate of drug-likeness (QED) is 0.901. The first-order valence-corrected chi connectivity index (χ1v) is 8.83. The van der Waals surface area contributed by atoms with E-state index in [9.17, 15) is 4.79 Å². The van der Waals surface area contributed by atoms with E-state index < -0.39 is 0 Å². The van der Waals surface area contributed by atoms with E-state index in [1.807, 2.05) is 0 Å². The predicted octanol–water partition coefficient (Wildman–Crippen LogP) is 2.67. The number of morpholine rings is 1. The van der Waals surface area contributed by atoms with Crippen molar-refractivity contribution in [3.05, 3.63) is 70.8 Å². The fourth-order valence-electron chi connectivity index (χ4n) is 3.01. The summed E-state index contributed by atoms with van der Waals surface area (Å²) in [6.45, 7) is 5.99. The van der Waals surface area contributed by atoms with Crippen molar-refractivity contribution >= 4 is 5.91 Å². The molecule has 1 heterocycles. The second kappa shape index (κ2) is 8.61. The maximum atomic E-state index is 12.7.